The Kier molecular flexibility index (Phi) is 66.6. The highest BCUT2D eigenvalue weighted by molar-refractivity contribution is 7.94. The molecule has 0 bridgehead atoms. The molecule has 0 radical (unpaired) electrons. The van der Waals surface area contributed by atoms with Crippen molar-refractivity contribution in [2.45, 2.75) is 63.3 Å². The number of benzene rings is 2. The first-order valence-corrected chi connectivity index (χ1v) is 16.0. The first-order valence-electron chi connectivity index (χ1n) is 9.26. The standard InChI is InChI=1S/C10H8.C4H8O2.C3H9S.C2H6I.2C2H6.3CH4/c1-2-6-10-8-4-3-7-9(10)5-1;1-3-4(5)6-2;1-4(2)3;1-3-2;2*1-2;;;/h1-8H;3H2,1-2H3;1-3H3;1-2H3;2*1-2H3;3*1H4/q;;2*+1;;;;;. The number of hydrogen-bond donors (Lipinski definition) is 0. The van der Waals surface area contributed by atoms with Crippen LogP contribution in [0, 0.1) is 0 Å². The Morgan fingerprint density at radius 3 is 1.10 bits per heavy atom. The molecule has 2 nitrogen and oxygen atoms in total. The molecule has 0 saturated carbocycles. The molecule has 0 spiro atoms. The van der Waals surface area contributed by atoms with Crippen LogP contribution in [0.3, 0.4) is 0 Å². The Morgan fingerprint density at radius 2 is 1.00 bits per heavy atom. The van der Waals surface area contributed by atoms with Crippen molar-refractivity contribution in [3.8, 4) is 0 Å². The second-order valence-corrected chi connectivity index (χ2v) is 9.49. The van der Waals surface area contributed by atoms with Gasteiger partial charge < -0.3 is 4.74 Å². The average molecular weight is 559 g/mol. The van der Waals surface area contributed by atoms with Crippen LogP contribution in [0.2, 0.25) is 0 Å². The summed E-state index contributed by atoms with van der Waals surface area (Å²) in [5, 5.41) is 2.62. The van der Waals surface area contributed by atoms with Gasteiger partial charge in [-0.3, -0.25) is 4.79 Å². The smallest absolute Gasteiger partial charge is 0.305 e. The molecule has 0 unspecified atom stereocenters. The molecular weight excluding hydrogens is 503 g/mol. The van der Waals surface area contributed by atoms with Gasteiger partial charge in [-0.05, 0) is 21.7 Å². The lowest BCUT2D eigenvalue weighted by molar-refractivity contribution is -0.597. The molecule has 0 aromatic heterocycles. The number of halogens is 1. The zero-order chi connectivity index (χ0) is 22.1. The molecule has 0 N–H and O–H groups in total. The Balaban J connectivity index is -0.0000000469. The van der Waals surface area contributed by atoms with E-state index < -0.39 is 0 Å². The fourth-order valence-electron chi connectivity index (χ4n) is 1.28. The summed E-state index contributed by atoms with van der Waals surface area (Å²) in [5.41, 5.74) is 0. The number of carbonyl (C=O) groups excluding carboxylic acids is 1. The Hall–Kier alpha value is -0.750. The second kappa shape index (κ2) is 42.4. The van der Waals surface area contributed by atoms with E-state index in [9.17, 15) is 4.79 Å². The molecule has 0 heterocycles. The number of esters is 1. The number of alkyl halides is 2. The minimum absolute atomic E-state index is 0. The third-order valence-electron chi connectivity index (χ3n) is 2.18. The summed E-state index contributed by atoms with van der Waals surface area (Å²) in [4.78, 5) is 14.4. The molecule has 0 aliphatic heterocycles. The maximum Gasteiger partial charge on any atom is 0.305 e. The molecule has 0 aliphatic carbocycles. The normalized spacial score (nSPS) is 7.07. The van der Waals surface area contributed by atoms with Crippen molar-refractivity contribution in [3.63, 3.8) is 0 Å². The van der Waals surface area contributed by atoms with Crippen LogP contribution in [0.4, 0.5) is 0 Å². The summed E-state index contributed by atoms with van der Waals surface area (Å²) in [6.45, 7) is 9.76. The minimum Gasteiger partial charge on any atom is -0.469 e. The Labute approximate surface area is 205 Å². The van der Waals surface area contributed by atoms with Crippen LogP contribution in [0.15, 0.2) is 48.5 Å². The summed E-state index contributed by atoms with van der Waals surface area (Å²) in [5.74, 6) is -0.157. The molecule has 0 fully saturated rings. The summed E-state index contributed by atoms with van der Waals surface area (Å²) >= 11 is 0.590. The molecule has 2 aromatic carbocycles. The van der Waals surface area contributed by atoms with Crippen LogP contribution in [-0.4, -0.2) is 41.7 Å². The number of fused-ring (bicyclic) bond motifs is 1. The molecular formula is C26H55IO2S+2. The van der Waals surface area contributed by atoms with Gasteiger partial charge in [0.15, 0.2) is 0 Å². The van der Waals surface area contributed by atoms with E-state index in [1.165, 1.54) is 17.9 Å². The average Bonchev–Trinajstić information content (AvgIpc) is 2.71. The lowest BCUT2D eigenvalue weighted by Gasteiger charge is -1.92. The van der Waals surface area contributed by atoms with Gasteiger partial charge in [0.1, 0.15) is 9.86 Å². The fourth-order valence-corrected chi connectivity index (χ4v) is 1.28. The van der Waals surface area contributed by atoms with E-state index in [0.717, 1.165) is 0 Å². The predicted octanol–water partition coefficient (Wildman–Crippen LogP) is 5.20. The third-order valence-corrected chi connectivity index (χ3v) is 2.18. The van der Waals surface area contributed by atoms with Gasteiger partial charge in [-0.25, -0.2) is 0 Å². The second-order valence-electron chi connectivity index (χ2n) is 4.88. The van der Waals surface area contributed by atoms with Crippen molar-refractivity contribution >= 4 is 27.6 Å². The Morgan fingerprint density at radius 1 is 0.800 bits per heavy atom. The lowest BCUT2D eigenvalue weighted by Crippen LogP contribution is -3.59. The van der Waals surface area contributed by atoms with Crippen molar-refractivity contribution < 1.29 is 30.7 Å². The number of methoxy groups -OCH3 is 1. The maximum atomic E-state index is 9.96. The van der Waals surface area contributed by atoms with Gasteiger partial charge in [0.2, 0.25) is 0 Å². The van der Waals surface area contributed by atoms with Gasteiger partial charge in [-0.1, -0.05) is 105 Å². The summed E-state index contributed by atoms with van der Waals surface area (Å²) in [7, 11) is 2.02. The molecule has 0 saturated heterocycles. The zero-order valence-electron chi connectivity index (χ0n) is 19.4. The van der Waals surface area contributed by atoms with Gasteiger partial charge in [0.25, 0.3) is 21.2 Å². The number of carbonyl (C=O) groups is 1. The highest BCUT2D eigenvalue weighted by Crippen LogP contribution is 2.11. The number of rotatable bonds is 1. The van der Waals surface area contributed by atoms with Gasteiger partial charge in [0.05, 0.1) is 25.9 Å². The van der Waals surface area contributed by atoms with Crippen LogP contribution in [0.1, 0.15) is 63.3 Å². The van der Waals surface area contributed by atoms with Crippen LogP contribution >= 0.6 is 0 Å². The van der Waals surface area contributed by atoms with Crippen molar-refractivity contribution in [2.24, 2.45) is 0 Å². The summed E-state index contributed by atoms with van der Waals surface area (Å²) in [6, 6.07) is 16.7. The van der Waals surface area contributed by atoms with E-state index in [-0.39, 0.29) is 28.2 Å². The zero-order valence-corrected chi connectivity index (χ0v) is 22.4. The van der Waals surface area contributed by atoms with E-state index >= 15 is 0 Å². The maximum absolute atomic E-state index is 9.96. The molecule has 182 valence electrons. The molecule has 0 amide bonds. The first-order chi connectivity index (χ1) is 12.9. The molecule has 30 heavy (non-hydrogen) atoms. The van der Waals surface area contributed by atoms with Crippen LogP contribution < -0.4 is 21.2 Å². The summed E-state index contributed by atoms with van der Waals surface area (Å²) < 4.78 is 4.26. The Bertz CT molecular complexity index is 443. The van der Waals surface area contributed by atoms with Crippen molar-refractivity contribution in [3.05, 3.63) is 48.5 Å². The van der Waals surface area contributed by atoms with E-state index in [1.807, 2.05) is 27.7 Å². The van der Waals surface area contributed by atoms with Crippen molar-refractivity contribution in [1.82, 2.24) is 0 Å². The van der Waals surface area contributed by atoms with Crippen LogP contribution in [0.25, 0.3) is 10.8 Å². The quantitative estimate of drug-likeness (QED) is 0.208. The van der Waals surface area contributed by atoms with Gasteiger partial charge in [-0.15, -0.1) is 0 Å². The predicted molar refractivity (Wildman–Crippen MR) is 146 cm³/mol. The van der Waals surface area contributed by atoms with E-state index in [0.29, 0.717) is 38.5 Å². The molecule has 4 heteroatoms. The summed E-state index contributed by atoms with van der Waals surface area (Å²) in [6.07, 6.45) is 7.05. The molecule has 0 atom stereocenters. The van der Waals surface area contributed by atoms with Gasteiger partial charge >= 0.3 is 5.97 Å². The topological polar surface area (TPSA) is 26.3 Å². The monoisotopic (exact) mass is 558 g/mol. The largest absolute Gasteiger partial charge is 0.469 e. The SMILES string of the molecule is C.C.C.CC.CC.CCC(=O)OC.C[I+]C.C[S+](C)C.c1ccc2ccccc2c1. The number of ether oxygens (including phenoxy) is 1. The van der Waals surface area contributed by atoms with Gasteiger partial charge in [0, 0.05) is 6.42 Å². The van der Waals surface area contributed by atoms with Crippen molar-refractivity contribution in [2.75, 3.05) is 35.7 Å². The van der Waals surface area contributed by atoms with Crippen LogP contribution in [0.5, 0.6) is 0 Å². The van der Waals surface area contributed by atoms with E-state index in [2.05, 4.69) is 81.9 Å². The fraction of sp³-hybridized carbons (Fsp3) is 0.577. The van der Waals surface area contributed by atoms with Crippen LogP contribution in [-0.2, 0) is 20.4 Å². The van der Waals surface area contributed by atoms with Gasteiger partial charge in [-0.2, -0.15) is 0 Å². The highest BCUT2D eigenvalue weighted by Gasteiger charge is 1.87. The van der Waals surface area contributed by atoms with Crippen molar-refractivity contribution in [1.29, 1.82) is 0 Å². The minimum atomic E-state index is -0.157. The van der Waals surface area contributed by atoms with E-state index in [1.54, 1.807) is 6.92 Å². The number of hydrogen-bond acceptors (Lipinski definition) is 2. The molecule has 2 aromatic rings. The van der Waals surface area contributed by atoms with E-state index in [4.69, 9.17) is 0 Å². The first kappa shape index (κ1) is 47.2. The lowest BCUT2D eigenvalue weighted by atomic mass is 10.1. The highest BCUT2D eigenvalue weighted by atomic mass is 127. The third kappa shape index (κ3) is 41.6. The molecule has 2 rings (SSSR count). The molecule has 0 aliphatic rings.